The summed E-state index contributed by atoms with van der Waals surface area (Å²) in [6.07, 6.45) is 3.35. The molecule has 0 bridgehead atoms. The number of ether oxygens (including phenoxy) is 2. The first-order valence-corrected chi connectivity index (χ1v) is 8.19. The van der Waals surface area contributed by atoms with Gasteiger partial charge in [-0.25, -0.2) is 4.79 Å². The molecule has 6 nitrogen and oxygen atoms in total. The van der Waals surface area contributed by atoms with Crippen LogP contribution in [0.3, 0.4) is 0 Å². The fourth-order valence-electron chi connectivity index (χ4n) is 2.60. The summed E-state index contributed by atoms with van der Waals surface area (Å²) in [7, 11) is 0. The third-order valence-electron chi connectivity index (χ3n) is 4.00. The van der Waals surface area contributed by atoms with E-state index in [0.717, 1.165) is 25.7 Å². The molecule has 1 aromatic rings. The average molecular weight is 333 g/mol. The Hall–Kier alpha value is -2.37. The van der Waals surface area contributed by atoms with E-state index < -0.39 is 12.1 Å². The van der Waals surface area contributed by atoms with Gasteiger partial charge in [0.25, 0.3) is 5.91 Å². The highest BCUT2D eigenvalue weighted by molar-refractivity contribution is 5.94. The molecular weight excluding hydrogens is 310 g/mol. The summed E-state index contributed by atoms with van der Waals surface area (Å²) in [5.74, 6) is -0.469. The Kier molecular flexibility index (Phi) is 6.35. The molecular formula is C18H23NO5. The second-order valence-electron chi connectivity index (χ2n) is 5.99. The topological polar surface area (TPSA) is 81.7 Å². The van der Waals surface area contributed by atoms with Crippen molar-refractivity contribution < 1.29 is 23.9 Å². The number of benzene rings is 1. The number of hydrogen-bond acceptors (Lipinski definition) is 5. The fraction of sp³-hybridized carbons (Fsp3) is 0.500. The predicted octanol–water partition coefficient (Wildman–Crippen LogP) is 2.26. The minimum Gasteiger partial charge on any atom is -0.482 e. The van der Waals surface area contributed by atoms with Gasteiger partial charge >= 0.3 is 5.97 Å². The first-order valence-electron chi connectivity index (χ1n) is 8.19. The molecule has 0 radical (unpaired) electrons. The molecule has 2 rings (SSSR count). The van der Waals surface area contributed by atoms with Gasteiger partial charge in [-0.05, 0) is 51.0 Å². The molecule has 6 heteroatoms. The van der Waals surface area contributed by atoms with E-state index >= 15 is 0 Å². The van der Waals surface area contributed by atoms with Crippen LogP contribution in [0, 0.1) is 0 Å². The molecule has 0 aromatic heterocycles. The van der Waals surface area contributed by atoms with Crippen LogP contribution in [-0.4, -0.2) is 36.4 Å². The monoisotopic (exact) mass is 333 g/mol. The molecule has 0 heterocycles. The Balaban J connectivity index is 1.73. The first kappa shape index (κ1) is 18.0. The lowest BCUT2D eigenvalue weighted by atomic mass is 10.1. The van der Waals surface area contributed by atoms with Crippen molar-refractivity contribution in [3.8, 4) is 5.75 Å². The predicted molar refractivity (Wildman–Crippen MR) is 87.9 cm³/mol. The van der Waals surface area contributed by atoms with Crippen molar-refractivity contribution in [1.82, 2.24) is 5.32 Å². The van der Waals surface area contributed by atoms with E-state index in [-0.39, 0.29) is 24.3 Å². The molecule has 0 aliphatic heterocycles. The molecule has 0 spiro atoms. The van der Waals surface area contributed by atoms with Crippen molar-refractivity contribution in [2.75, 3.05) is 6.61 Å². The van der Waals surface area contributed by atoms with Crippen LogP contribution >= 0.6 is 0 Å². The second kappa shape index (κ2) is 8.47. The van der Waals surface area contributed by atoms with E-state index in [4.69, 9.17) is 9.47 Å². The van der Waals surface area contributed by atoms with Gasteiger partial charge in [-0.15, -0.1) is 0 Å². The molecule has 1 saturated carbocycles. The maximum Gasteiger partial charge on any atom is 0.344 e. The van der Waals surface area contributed by atoms with Crippen molar-refractivity contribution in [1.29, 1.82) is 0 Å². The van der Waals surface area contributed by atoms with Crippen molar-refractivity contribution in [2.45, 2.75) is 51.7 Å². The molecule has 0 unspecified atom stereocenters. The van der Waals surface area contributed by atoms with Gasteiger partial charge in [-0.2, -0.15) is 0 Å². The van der Waals surface area contributed by atoms with Gasteiger partial charge in [0.1, 0.15) is 5.75 Å². The SMILES string of the molecule is CC(=O)c1ccc(OCC(=O)O[C@@H](C)C(=O)NC2CCCC2)cc1. The van der Waals surface area contributed by atoms with E-state index in [1.165, 1.54) is 6.92 Å². The van der Waals surface area contributed by atoms with Crippen molar-refractivity contribution in [3.05, 3.63) is 29.8 Å². The normalized spacial score (nSPS) is 15.6. The molecule has 1 N–H and O–H groups in total. The highest BCUT2D eigenvalue weighted by Crippen LogP contribution is 2.18. The van der Waals surface area contributed by atoms with Gasteiger partial charge in [-0.3, -0.25) is 9.59 Å². The average Bonchev–Trinajstić information content (AvgIpc) is 3.06. The number of carbonyl (C=O) groups is 3. The molecule has 1 aliphatic rings. The van der Waals surface area contributed by atoms with E-state index in [0.29, 0.717) is 11.3 Å². The molecule has 1 fully saturated rings. The lowest BCUT2D eigenvalue weighted by Gasteiger charge is -2.17. The number of nitrogens with one attached hydrogen (secondary N) is 1. The number of hydrogen-bond donors (Lipinski definition) is 1. The zero-order valence-corrected chi connectivity index (χ0v) is 14.0. The summed E-state index contributed by atoms with van der Waals surface area (Å²) in [5, 5.41) is 2.89. The van der Waals surface area contributed by atoms with E-state index in [1.54, 1.807) is 31.2 Å². The van der Waals surface area contributed by atoms with Gasteiger partial charge in [-0.1, -0.05) is 12.8 Å². The third-order valence-corrected chi connectivity index (χ3v) is 4.00. The number of ketones is 1. The molecule has 0 saturated heterocycles. The van der Waals surface area contributed by atoms with Crippen LogP contribution in [-0.2, 0) is 14.3 Å². The van der Waals surface area contributed by atoms with E-state index in [9.17, 15) is 14.4 Å². The minimum absolute atomic E-state index is 0.0388. The van der Waals surface area contributed by atoms with Crippen LogP contribution < -0.4 is 10.1 Å². The first-order chi connectivity index (χ1) is 11.5. The maximum absolute atomic E-state index is 11.9. The third kappa shape index (κ3) is 5.37. The maximum atomic E-state index is 11.9. The molecule has 24 heavy (non-hydrogen) atoms. The zero-order valence-electron chi connectivity index (χ0n) is 14.0. The number of amides is 1. The molecule has 1 amide bonds. The van der Waals surface area contributed by atoms with E-state index in [1.807, 2.05) is 0 Å². The van der Waals surface area contributed by atoms with Crippen LogP contribution in [0.15, 0.2) is 24.3 Å². The number of esters is 1. The van der Waals surface area contributed by atoms with Crippen LogP contribution in [0.1, 0.15) is 49.9 Å². The summed E-state index contributed by atoms with van der Waals surface area (Å²) in [4.78, 5) is 34.9. The van der Waals surface area contributed by atoms with Gasteiger partial charge in [0.2, 0.25) is 0 Å². The minimum atomic E-state index is -0.846. The number of carbonyl (C=O) groups excluding carboxylic acids is 3. The van der Waals surface area contributed by atoms with Crippen LogP contribution in [0.4, 0.5) is 0 Å². The van der Waals surface area contributed by atoms with Crippen LogP contribution in [0.25, 0.3) is 0 Å². The molecule has 1 aromatic carbocycles. The lowest BCUT2D eigenvalue weighted by molar-refractivity contribution is -0.156. The van der Waals surface area contributed by atoms with Gasteiger partial charge in [0.15, 0.2) is 18.5 Å². The Morgan fingerprint density at radius 2 is 1.79 bits per heavy atom. The smallest absolute Gasteiger partial charge is 0.344 e. The Labute approximate surface area is 141 Å². The summed E-state index contributed by atoms with van der Waals surface area (Å²) in [6, 6.07) is 6.66. The van der Waals surface area contributed by atoms with Crippen LogP contribution in [0.5, 0.6) is 5.75 Å². The summed E-state index contributed by atoms with van der Waals surface area (Å²) < 4.78 is 10.4. The van der Waals surface area contributed by atoms with E-state index in [2.05, 4.69) is 5.32 Å². The fourth-order valence-corrected chi connectivity index (χ4v) is 2.60. The van der Waals surface area contributed by atoms with Crippen molar-refractivity contribution in [3.63, 3.8) is 0 Å². The highest BCUT2D eigenvalue weighted by atomic mass is 16.6. The molecule has 130 valence electrons. The summed E-state index contributed by atoms with van der Waals surface area (Å²) in [6.45, 7) is 2.73. The summed E-state index contributed by atoms with van der Waals surface area (Å²) >= 11 is 0. The number of Topliss-reactive ketones (excluding diaryl/α,β-unsaturated/α-hetero) is 1. The zero-order chi connectivity index (χ0) is 17.5. The van der Waals surface area contributed by atoms with Crippen LogP contribution in [0.2, 0.25) is 0 Å². The van der Waals surface area contributed by atoms with Gasteiger partial charge < -0.3 is 14.8 Å². The van der Waals surface area contributed by atoms with Crippen molar-refractivity contribution in [2.24, 2.45) is 0 Å². The largest absolute Gasteiger partial charge is 0.482 e. The lowest BCUT2D eigenvalue weighted by Crippen LogP contribution is -2.41. The highest BCUT2D eigenvalue weighted by Gasteiger charge is 2.23. The second-order valence-corrected chi connectivity index (χ2v) is 5.99. The van der Waals surface area contributed by atoms with Gasteiger partial charge in [0.05, 0.1) is 0 Å². The van der Waals surface area contributed by atoms with Crippen molar-refractivity contribution >= 4 is 17.7 Å². The Bertz CT molecular complexity index is 590. The summed E-state index contributed by atoms with van der Waals surface area (Å²) in [5.41, 5.74) is 0.571. The van der Waals surface area contributed by atoms with Gasteiger partial charge in [0, 0.05) is 11.6 Å². The quantitative estimate of drug-likeness (QED) is 0.611. The Morgan fingerprint density at radius 1 is 1.17 bits per heavy atom. The number of rotatable bonds is 7. The Morgan fingerprint density at radius 3 is 2.38 bits per heavy atom. The molecule has 1 aliphatic carbocycles. The standard InChI is InChI=1S/C18H23NO5/c1-12(20)14-7-9-16(10-8-14)23-11-17(21)24-13(2)18(22)19-15-5-3-4-6-15/h7-10,13,15H,3-6,11H2,1-2H3,(H,19,22)/t13-/m0/s1. The molecule has 1 atom stereocenters.